The number of amides is 1. The minimum atomic E-state index is -4.08. The van der Waals surface area contributed by atoms with Gasteiger partial charge in [-0.05, 0) is 44.5 Å². The molecule has 0 radical (unpaired) electrons. The second-order valence-corrected chi connectivity index (χ2v) is 7.61. The molecule has 0 bridgehead atoms. The number of sulfonamides is 1. The predicted octanol–water partition coefficient (Wildman–Crippen LogP) is 2.33. The van der Waals surface area contributed by atoms with E-state index in [9.17, 15) is 17.6 Å². The van der Waals surface area contributed by atoms with Crippen molar-refractivity contribution in [2.24, 2.45) is 0 Å². The molecule has 1 heterocycles. The number of rotatable bonds is 6. The van der Waals surface area contributed by atoms with Gasteiger partial charge in [0.05, 0.1) is 5.69 Å². The van der Waals surface area contributed by atoms with Crippen LogP contribution in [-0.4, -0.2) is 53.7 Å². The Bertz CT molecular complexity index is 866. The number of anilines is 1. The third kappa shape index (κ3) is 3.85. The lowest BCUT2D eigenvalue weighted by atomic mass is 10.2. The van der Waals surface area contributed by atoms with Crippen LogP contribution in [0.4, 0.5) is 14.9 Å². The van der Waals surface area contributed by atoms with Crippen LogP contribution in [0, 0.1) is 5.82 Å². The summed E-state index contributed by atoms with van der Waals surface area (Å²) in [6, 6.07) is 4.51. The highest BCUT2D eigenvalue weighted by Gasteiger charge is 2.28. The summed E-state index contributed by atoms with van der Waals surface area (Å²) in [6.07, 6.45) is 1.84. The maximum Gasteiger partial charge on any atom is 0.346 e. The number of carbonyl (C=O) groups excluding carboxylic acids is 1. The number of carbonyl (C=O) groups is 1. The number of aromatic nitrogens is 3. The van der Waals surface area contributed by atoms with Gasteiger partial charge >= 0.3 is 16.1 Å². The summed E-state index contributed by atoms with van der Waals surface area (Å²) in [5.74, 6) is -0.475. The fourth-order valence-electron chi connectivity index (χ4n) is 2.36. The molecule has 2 aromatic rings. The van der Waals surface area contributed by atoms with Crippen molar-refractivity contribution in [1.29, 1.82) is 0 Å². The van der Waals surface area contributed by atoms with Crippen LogP contribution in [-0.2, 0) is 10.0 Å². The quantitative estimate of drug-likeness (QED) is 0.764. The highest BCUT2D eigenvalue weighted by Crippen LogP contribution is 2.20. The van der Waals surface area contributed by atoms with Gasteiger partial charge in [0, 0.05) is 19.6 Å². The van der Waals surface area contributed by atoms with E-state index < -0.39 is 27.0 Å². The molecule has 142 valence electrons. The van der Waals surface area contributed by atoms with Crippen LogP contribution in [0.25, 0.3) is 0 Å². The molecular formula is C16H22FN5O3S. The molecule has 0 spiro atoms. The molecule has 26 heavy (non-hydrogen) atoms. The maximum atomic E-state index is 13.0. The standard InChI is InChI=1S/C16H22FN5O3S/c1-5-12(3)21(6-2)16(23)22-11-18-15(19-22)26(24,25)20(4)14-9-7-13(17)8-10-14/h7-12H,5-6H2,1-4H3. The lowest BCUT2D eigenvalue weighted by Crippen LogP contribution is -2.41. The highest BCUT2D eigenvalue weighted by atomic mass is 32.2. The predicted molar refractivity (Wildman–Crippen MR) is 94.9 cm³/mol. The van der Waals surface area contributed by atoms with Gasteiger partial charge in [-0.1, -0.05) is 6.92 Å². The summed E-state index contributed by atoms with van der Waals surface area (Å²) in [5, 5.41) is 3.34. The van der Waals surface area contributed by atoms with E-state index in [2.05, 4.69) is 10.1 Å². The first-order valence-corrected chi connectivity index (χ1v) is 9.63. The third-order valence-corrected chi connectivity index (χ3v) is 5.74. The van der Waals surface area contributed by atoms with Crippen LogP contribution in [0.1, 0.15) is 27.2 Å². The first-order chi connectivity index (χ1) is 12.2. The Balaban J connectivity index is 2.29. The molecule has 1 atom stereocenters. The van der Waals surface area contributed by atoms with Gasteiger partial charge < -0.3 is 4.90 Å². The van der Waals surface area contributed by atoms with Crippen LogP contribution in [0.3, 0.4) is 0 Å². The first kappa shape index (κ1) is 19.8. The lowest BCUT2D eigenvalue weighted by Gasteiger charge is -2.26. The Morgan fingerprint density at radius 1 is 1.27 bits per heavy atom. The van der Waals surface area contributed by atoms with Crippen molar-refractivity contribution in [2.75, 3.05) is 17.9 Å². The van der Waals surface area contributed by atoms with Crippen LogP contribution in [0.15, 0.2) is 35.7 Å². The fourth-order valence-corrected chi connectivity index (χ4v) is 3.37. The second kappa shape index (κ2) is 7.81. The third-order valence-electron chi connectivity index (χ3n) is 4.16. The summed E-state index contributed by atoms with van der Waals surface area (Å²) in [4.78, 5) is 17.9. The van der Waals surface area contributed by atoms with Crippen molar-refractivity contribution in [3.8, 4) is 0 Å². The van der Waals surface area contributed by atoms with Gasteiger partial charge in [-0.3, -0.25) is 4.31 Å². The van der Waals surface area contributed by atoms with Gasteiger partial charge in [-0.15, -0.1) is 5.10 Å². The minimum absolute atomic E-state index is 0.0151. The van der Waals surface area contributed by atoms with Crippen LogP contribution in [0.2, 0.25) is 0 Å². The van der Waals surface area contributed by atoms with Gasteiger partial charge in [0.25, 0.3) is 5.16 Å². The van der Waals surface area contributed by atoms with Crippen molar-refractivity contribution in [1.82, 2.24) is 19.7 Å². The SMILES string of the molecule is CCC(C)N(CC)C(=O)n1cnc(S(=O)(=O)N(C)c2ccc(F)cc2)n1. The summed E-state index contributed by atoms with van der Waals surface area (Å²) >= 11 is 0. The lowest BCUT2D eigenvalue weighted by molar-refractivity contribution is 0.179. The molecule has 1 aromatic carbocycles. The summed E-state index contributed by atoms with van der Waals surface area (Å²) in [5.41, 5.74) is 0.254. The summed E-state index contributed by atoms with van der Waals surface area (Å²) < 4.78 is 40.2. The largest absolute Gasteiger partial charge is 0.346 e. The maximum absolute atomic E-state index is 13.0. The molecule has 0 aliphatic rings. The van der Waals surface area contributed by atoms with E-state index in [0.717, 1.165) is 33.9 Å². The number of hydrogen-bond donors (Lipinski definition) is 0. The highest BCUT2D eigenvalue weighted by molar-refractivity contribution is 7.92. The molecule has 10 heteroatoms. The molecule has 0 N–H and O–H groups in total. The molecule has 1 amide bonds. The van der Waals surface area contributed by atoms with E-state index in [1.807, 2.05) is 20.8 Å². The number of benzene rings is 1. The molecule has 2 rings (SSSR count). The molecule has 8 nitrogen and oxygen atoms in total. The van der Waals surface area contributed by atoms with Crippen molar-refractivity contribution in [3.05, 3.63) is 36.4 Å². The van der Waals surface area contributed by atoms with Crippen molar-refractivity contribution < 1.29 is 17.6 Å². The Morgan fingerprint density at radius 2 is 1.88 bits per heavy atom. The van der Waals surface area contributed by atoms with E-state index in [-0.39, 0.29) is 11.7 Å². The van der Waals surface area contributed by atoms with E-state index in [1.54, 1.807) is 4.90 Å². The number of halogens is 1. The molecule has 1 unspecified atom stereocenters. The summed E-state index contributed by atoms with van der Waals surface area (Å²) in [7, 11) is -2.77. The Morgan fingerprint density at radius 3 is 2.42 bits per heavy atom. The molecule has 0 saturated carbocycles. The zero-order chi connectivity index (χ0) is 19.5. The molecule has 1 aromatic heterocycles. The Kier molecular flexibility index (Phi) is 5.96. The van der Waals surface area contributed by atoms with Crippen molar-refractivity contribution in [3.63, 3.8) is 0 Å². The second-order valence-electron chi connectivity index (χ2n) is 5.75. The number of hydrogen-bond acceptors (Lipinski definition) is 5. The van der Waals surface area contributed by atoms with Crippen LogP contribution in [0.5, 0.6) is 0 Å². The van der Waals surface area contributed by atoms with Crippen molar-refractivity contribution in [2.45, 2.75) is 38.4 Å². The molecular weight excluding hydrogens is 361 g/mol. The van der Waals surface area contributed by atoms with Gasteiger partial charge in [0.2, 0.25) is 0 Å². The smallest absolute Gasteiger partial charge is 0.320 e. The minimum Gasteiger partial charge on any atom is -0.320 e. The van der Waals surface area contributed by atoms with E-state index in [4.69, 9.17) is 0 Å². The topological polar surface area (TPSA) is 88.4 Å². The monoisotopic (exact) mass is 383 g/mol. The zero-order valence-corrected chi connectivity index (χ0v) is 15.9. The number of nitrogens with zero attached hydrogens (tertiary/aromatic N) is 5. The molecule has 0 aliphatic heterocycles. The van der Waals surface area contributed by atoms with Crippen LogP contribution >= 0.6 is 0 Å². The average Bonchev–Trinajstić information content (AvgIpc) is 3.13. The molecule has 0 aliphatic carbocycles. The van der Waals surface area contributed by atoms with Crippen molar-refractivity contribution >= 4 is 21.7 Å². The van der Waals surface area contributed by atoms with Gasteiger partial charge in [0.15, 0.2) is 0 Å². The van der Waals surface area contributed by atoms with Crippen LogP contribution < -0.4 is 4.31 Å². The van der Waals surface area contributed by atoms with Gasteiger partial charge in [-0.25, -0.2) is 14.2 Å². The Labute approximate surface area is 152 Å². The Hall–Kier alpha value is -2.49. The summed E-state index contributed by atoms with van der Waals surface area (Å²) in [6.45, 7) is 6.15. The van der Waals surface area contributed by atoms with E-state index >= 15 is 0 Å². The van der Waals surface area contributed by atoms with Gasteiger partial charge in [-0.2, -0.15) is 13.1 Å². The van der Waals surface area contributed by atoms with E-state index in [1.165, 1.54) is 19.2 Å². The molecule has 0 fully saturated rings. The first-order valence-electron chi connectivity index (χ1n) is 8.19. The molecule has 0 saturated heterocycles. The normalized spacial score (nSPS) is 12.7. The zero-order valence-electron chi connectivity index (χ0n) is 15.1. The van der Waals surface area contributed by atoms with E-state index in [0.29, 0.717) is 6.54 Å². The average molecular weight is 383 g/mol. The van der Waals surface area contributed by atoms with Gasteiger partial charge in [0.1, 0.15) is 12.1 Å². The fraction of sp³-hybridized carbons (Fsp3) is 0.438.